The SMILES string of the molecule is COCCC(N)C(=O)NCCNC(=O)N(C)C. The fraction of sp³-hybridized carbons (Fsp3) is 0.800. The Kier molecular flexibility index (Phi) is 8.08. The van der Waals surface area contributed by atoms with Crippen LogP contribution in [0.1, 0.15) is 6.42 Å². The predicted octanol–water partition coefficient (Wildman–Crippen LogP) is -1.26. The molecule has 7 heteroatoms. The second-order valence-electron chi connectivity index (χ2n) is 3.81. The van der Waals surface area contributed by atoms with Gasteiger partial charge in [0.15, 0.2) is 0 Å². The Morgan fingerprint density at radius 1 is 1.29 bits per heavy atom. The number of hydrogen-bond donors (Lipinski definition) is 3. The number of methoxy groups -OCH3 is 1. The van der Waals surface area contributed by atoms with Gasteiger partial charge in [0.25, 0.3) is 0 Å². The van der Waals surface area contributed by atoms with E-state index in [-0.39, 0.29) is 11.9 Å². The number of amides is 3. The highest BCUT2D eigenvalue weighted by atomic mass is 16.5. The van der Waals surface area contributed by atoms with E-state index in [2.05, 4.69) is 10.6 Å². The van der Waals surface area contributed by atoms with Gasteiger partial charge < -0.3 is 26.0 Å². The van der Waals surface area contributed by atoms with Crippen LogP contribution in [0.3, 0.4) is 0 Å². The first-order valence-electron chi connectivity index (χ1n) is 5.46. The maximum atomic E-state index is 11.4. The highest BCUT2D eigenvalue weighted by Gasteiger charge is 2.12. The first kappa shape index (κ1) is 15.7. The van der Waals surface area contributed by atoms with Gasteiger partial charge in [-0.2, -0.15) is 0 Å². The average molecular weight is 246 g/mol. The van der Waals surface area contributed by atoms with E-state index in [1.807, 2.05) is 0 Å². The summed E-state index contributed by atoms with van der Waals surface area (Å²) in [4.78, 5) is 24.0. The summed E-state index contributed by atoms with van der Waals surface area (Å²) >= 11 is 0. The molecule has 3 amide bonds. The van der Waals surface area contributed by atoms with Crippen molar-refractivity contribution in [2.24, 2.45) is 5.73 Å². The summed E-state index contributed by atoms with van der Waals surface area (Å²) in [6.07, 6.45) is 0.479. The van der Waals surface area contributed by atoms with Gasteiger partial charge in [-0.25, -0.2) is 4.79 Å². The molecule has 7 nitrogen and oxygen atoms in total. The standard InChI is InChI=1S/C10H22N4O3/c1-14(2)10(16)13-6-5-12-9(15)8(11)4-7-17-3/h8H,4-7,11H2,1-3H3,(H,12,15)(H,13,16). The van der Waals surface area contributed by atoms with Crippen molar-refractivity contribution in [3.63, 3.8) is 0 Å². The zero-order valence-electron chi connectivity index (χ0n) is 10.7. The monoisotopic (exact) mass is 246 g/mol. The van der Waals surface area contributed by atoms with E-state index >= 15 is 0 Å². The van der Waals surface area contributed by atoms with Crippen LogP contribution in [0.25, 0.3) is 0 Å². The largest absolute Gasteiger partial charge is 0.385 e. The molecule has 0 aromatic heterocycles. The Bertz CT molecular complexity index is 246. The quantitative estimate of drug-likeness (QED) is 0.488. The van der Waals surface area contributed by atoms with Crippen molar-refractivity contribution in [2.45, 2.75) is 12.5 Å². The molecule has 0 spiro atoms. The number of ether oxygens (including phenoxy) is 1. The molecule has 0 saturated carbocycles. The van der Waals surface area contributed by atoms with Gasteiger partial charge in [-0.15, -0.1) is 0 Å². The van der Waals surface area contributed by atoms with Gasteiger partial charge in [0.05, 0.1) is 6.04 Å². The summed E-state index contributed by atoms with van der Waals surface area (Å²) in [5, 5.41) is 5.26. The molecule has 17 heavy (non-hydrogen) atoms. The molecular weight excluding hydrogens is 224 g/mol. The molecule has 0 aliphatic carbocycles. The van der Waals surface area contributed by atoms with Crippen LogP contribution in [-0.4, -0.2) is 63.8 Å². The summed E-state index contributed by atoms with van der Waals surface area (Å²) in [5.41, 5.74) is 5.61. The van der Waals surface area contributed by atoms with Gasteiger partial charge in [0, 0.05) is 40.9 Å². The Labute approximate surface area is 102 Å². The van der Waals surface area contributed by atoms with E-state index in [1.165, 1.54) is 4.90 Å². The lowest BCUT2D eigenvalue weighted by atomic mass is 10.2. The van der Waals surface area contributed by atoms with Crippen LogP contribution in [0.5, 0.6) is 0 Å². The van der Waals surface area contributed by atoms with Crippen LogP contribution >= 0.6 is 0 Å². The topological polar surface area (TPSA) is 96.7 Å². The van der Waals surface area contributed by atoms with Crippen molar-refractivity contribution in [3.05, 3.63) is 0 Å². The van der Waals surface area contributed by atoms with Crippen molar-refractivity contribution in [1.29, 1.82) is 0 Å². The Balaban J connectivity index is 3.60. The molecule has 0 rings (SSSR count). The van der Waals surface area contributed by atoms with Crippen LogP contribution in [0.4, 0.5) is 4.79 Å². The fourth-order valence-electron chi connectivity index (χ4n) is 1.02. The van der Waals surface area contributed by atoms with E-state index in [9.17, 15) is 9.59 Å². The van der Waals surface area contributed by atoms with Crippen LogP contribution in [0.15, 0.2) is 0 Å². The van der Waals surface area contributed by atoms with Gasteiger partial charge >= 0.3 is 6.03 Å². The molecule has 1 unspecified atom stereocenters. The van der Waals surface area contributed by atoms with Crippen LogP contribution in [0, 0.1) is 0 Å². The number of nitrogens with one attached hydrogen (secondary N) is 2. The zero-order valence-corrected chi connectivity index (χ0v) is 10.7. The number of nitrogens with zero attached hydrogens (tertiary/aromatic N) is 1. The second-order valence-corrected chi connectivity index (χ2v) is 3.81. The average Bonchev–Trinajstić information content (AvgIpc) is 2.30. The molecule has 1 atom stereocenters. The summed E-state index contributed by atoms with van der Waals surface area (Å²) in [6.45, 7) is 1.19. The Morgan fingerprint density at radius 3 is 2.41 bits per heavy atom. The number of carbonyl (C=O) groups excluding carboxylic acids is 2. The van der Waals surface area contributed by atoms with Crippen LogP contribution in [0.2, 0.25) is 0 Å². The lowest BCUT2D eigenvalue weighted by Gasteiger charge is -2.14. The number of urea groups is 1. The lowest BCUT2D eigenvalue weighted by molar-refractivity contribution is -0.122. The van der Waals surface area contributed by atoms with Gasteiger partial charge in [0.2, 0.25) is 5.91 Å². The molecule has 0 aliphatic rings. The van der Waals surface area contributed by atoms with Gasteiger partial charge in [-0.3, -0.25) is 4.79 Å². The smallest absolute Gasteiger partial charge is 0.316 e. The molecule has 0 aromatic rings. The van der Waals surface area contributed by atoms with Crippen molar-refractivity contribution >= 4 is 11.9 Å². The highest BCUT2D eigenvalue weighted by molar-refractivity contribution is 5.81. The predicted molar refractivity (Wildman–Crippen MR) is 64.6 cm³/mol. The first-order valence-corrected chi connectivity index (χ1v) is 5.46. The Morgan fingerprint density at radius 2 is 1.88 bits per heavy atom. The van der Waals surface area contributed by atoms with Crippen LogP contribution < -0.4 is 16.4 Å². The van der Waals surface area contributed by atoms with Gasteiger partial charge in [-0.1, -0.05) is 0 Å². The molecule has 100 valence electrons. The maximum absolute atomic E-state index is 11.4. The molecular formula is C10H22N4O3. The number of nitrogens with two attached hydrogens (primary N) is 1. The molecule has 4 N–H and O–H groups in total. The van der Waals surface area contributed by atoms with E-state index in [0.29, 0.717) is 26.1 Å². The number of carbonyl (C=O) groups is 2. The minimum atomic E-state index is -0.570. The third-order valence-electron chi connectivity index (χ3n) is 2.08. The molecule has 0 radical (unpaired) electrons. The van der Waals surface area contributed by atoms with E-state index in [4.69, 9.17) is 10.5 Å². The fourth-order valence-corrected chi connectivity index (χ4v) is 1.02. The summed E-state index contributed by atoms with van der Waals surface area (Å²) in [5.74, 6) is -0.235. The molecule has 0 saturated heterocycles. The summed E-state index contributed by atoms with van der Waals surface area (Å²) < 4.78 is 4.82. The zero-order chi connectivity index (χ0) is 13.3. The number of hydrogen-bond acceptors (Lipinski definition) is 4. The second kappa shape index (κ2) is 8.77. The van der Waals surface area contributed by atoms with E-state index in [0.717, 1.165) is 0 Å². The van der Waals surface area contributed by atoms with Crippen LogP contribution in [-0.2, 0) is 9.53 Å². The number of rotatable bonds is 7. The minimum absolute atomic E-state index is 0.192. The first-order chi connectivity index (χ1) is 7.99. The third-order valence-corrected chi connectivity index (χ3v) is 2.08. The third kappa shape index (κ3) is 7.53. The normalized spacial score (nSPS) is 11.8. The molecule has 0 heterocycles. The van der Waals surface area contributed by atoms with Crippen molar-refractivity contribution < 1.29 is 14.3 Å². The molecule has 0 aliphatic heterocycles. The van der Waals surface area contributed by atoms with Gasteiger partial charge in [-0.05, 0) is 6.42 Å². The molecule has 0 bridgehead atoms. The van der Waals surface area contributed by atoms with E-state index < -0.39 is 6.04 Å². The summed E-state index contributed by atoms with van der Waals surface area (Å²) in [7, 11) is 4.85. The maximum Gasteiger partial charge on any atom is 0.316 e. The van der Waals surface area contributed by atoms with Gasteiger partial charge in [0.1, 0.15) is 0 Å². The summed E-state index contributed by atoms with van der Waals surface area (Å²) in [6, 6.07) is -0.762. The van der Waals surface area contributed by atoms with Crippen molar-refractivity contribution in [3.8, 4) is 0 Å². The highest BCUT2D eigenvalue weighted by Crippen LogP contribution is 1.88. The minimum Gasteiger partial charge on any atom is -0.385 e. The van der Waals surface area contributed by atoms with Crippen molar-refractivity contribution in [1.82, 2.24) is 15.5 Å². The lowest BCUT2D eigenvalue weighted by Crippen LogP contribution is -2.45. The molecule has 0 aromatic carbocycles. The van der Waals surface area contributed by atoms with E-state index in [1.54, 1.807) is 21.2 Å². The molecule has 0 fully saturated rings. The Hall–Kier alpha value is -1.34. The van der Waals surface area contributed by atoms with Crippen molar-refractivity contribution in [2.75, 3.05) is 40.9 Å².